The summed E-state index contributed by atoms with van der Waals surface area (Å²) < 4.78 is 14.7. The maximum atomic E-state index is 13.1. The zero-order valence-corrected chi connectivity index (χ0v) is 14.1. The molecule has 0 bridgehead atoms. The molecule has 3 rings (SSSR count). The van der Waals surface area contributed by atoms with Crippen molar-refractivity contribution in [3.63, 3.8) is 0 Å². The topological polar surface area (TPSA) is 51.0 Å². The highest BCUT2D eigenvalue weighted by atomic mass is 19.1. The molecular weight excluding hydrogens is 319 g/mol. The van der Waals surface area contributed by atoms with Crippen molar-refractivity contribution in [2.24, 2.45) is 0 Å². The van der Waals surface area contributed by atoms with E-state index in [2.05, 4.69) is 10.3 Å². The van der Waals surface area contributed by atoms with E-state index in [4.69, 9.17) is 0 Å². The molecule has 1 heterocycles. The van der Waals surface area contributed by atoms with E-state index in [9.17, 15) is 9.18 Å². The highest BCUT2D eigenvalue weighted by Crippen LogP contribution is 2.20. The molecule has 0 saturated carbocycles. The molecule has 5 nitrogen and oxygen atoms in total. The smallest absolute Gasteiger partial charge is 0.276 e. The van der Waals surface area contributed by atoms with Crippen LogP contribution >= 0.6 is 0 Å². The van der Waals surface area contributed by atoms with Crippen LogP contribution in [0, 0.1) is 5.82 Å². The number of rotatable bonds is 5. The summed E-state index contributed by atoms with van der Waals surface area (Å²) >= 11 is 0. The monoisotopic (exact) mass is 338 g/mol. The molecule has 0 aliphatic carbocycles. The molecule has 1 atom stereocenters. The van der Waals surface area contributed by atoms with Crippen LogP contribution in [0.15, 0.2) is 60.8 Å². The van der Waals surface area contributed by atoms with Crippen molar-refractivity contribution in [1.29, 1.82) is 0 Å². The lowest BCUT2D eigenvalue weighted by Crippen LogP contribution is -2.30. The number of benzene rings is 2. The number of carbonyl (C=O) groups excluding carboxylic acids is 1. The molecule has 0 aliphatic rings. The van der Waals surface area contributed by atoms with Crippen molar-refractivity contribution in [1.82, 2.24) is 19.9 Å². The molecule has 0 radical (unpaired) electrons. The fraction of sp³-hybridized carbons (Fsp3) is 0.211. The van der Waals surface area contributed by atoms with E-state index in [0.717, 1.165) is 11.1 Å². The van der Waals surface area contributed by atoms with Crippen LogP contribution in [0.2, 0.25) is 0 Å². The molecule has 6 heteroatoms. The molecule has 128 valence electrons. The van der Waals surface area contributed by atoms with E-state index in [-0.39, 0.29) is 23.5 Å². The minimum atomic E-state index is -0.297. The van der Waals surface area contributed by atoms with E-state index in [1.165, 1.54) is 12.1 Å². The van der Waals surface area contributed by atoms with Crippen LogP contribution in [0.3, 0.4) is 0 Å². The normalized spacial score (nSPS) is 12.0. The van der Waals surface area contributed by atoms with E-state index in [0.29, 0.717) is 6.54 Å². The Labute approximate surface area is 145 Å². The lowest BCUT2D eigenvalue weighted by molar-refractivity contribution is 0.0736. The van der Waals surface area contributed by atoms with Gasteiger partial charge in [0.1, 0.15) is 5.82 Å². The Hall–Kier alpha value is -3.02. The highest BCUT2D eigenvalue weighted by molar-refractivity contribution is 5.92. The van der Waals surface area contributed by atoms with Gasteiger partial charge in [-0.3, -0.25) is 4.79 Å². The second-order valence-electron chi connectivity index (χ2n) is 5.93. The molecule has 0 fully saturated rings. The van der Waals surface area contributed by atoms with Crippen molar-refractivity contribution in [2.45, 2.75) is 19.5 Å². The first kappa shape index (κ1) is 16.8. The Morgan fingerprint density at radius 1 is 1.16 bits per heavy atom. The summed E-state index contributed by atoms with van der Waals surface area (Å²) in [7, 11) is 1.70. The van der Waals surface area contributed by atoms with Gasteiger partial charge in [-0.1, -0.05) is 47.7 Å². The largest absolute Gasteiger partial charge is 0.334 e. The first-order chi connectivity index (χ1) is 12.0. The summed E-state index contributed by atoms with van der Waals surface area (Å²) in [5, 5.41) is 8.01. The number of aromatic nitrogens is 3. The number of hydrogen-bond acceptors (Lipinski definition) is 3. The summed E-state index contributed by atoms with van der Waals surface area (Å²) in [5.74, 6) is -0.523. The molecule has 0 saturated heterocycles. The van der Waals surface area contributed by atoms with Gasteiger partial charge in [0.15, 0.2) is 5.69 Å². The van der Waals surface area contributed by atoms with E-state index in [1.54, 1.807) is 35.0 Å². The number of nitrogens with zero attached hydrogens (tertiary/aromatic N) is 4. The van der Waals surface area contributed by atoms with Crippen LogP contribution < -0.4 is 0 Å². The molecule has 0 spiro atoms. The standard InChI is InChI=1S/C19H19FN4O/c1-14(16-8-10-17(20)11-9-16)23(2)19(25)18-13-24(22-21-18)12-15-6-4-3-5-7-15/h3-11,13-14H,12H2,1-2H3. The summed E-state index contributed by atoms with van der Waals surface area (Å²) in [6, 6.07) is 15.8. The third-order valence-corrected chi connectivity index (χ3v) is 4.20. The zero-order valence-electron chi connectivity index (χ0n) is 14.1. The second-order valence-corrected chi connectivity index (χ2v) is 5.93. The number of halogens is 1. The number of amides is 1. The van der Waals surface area contributed by atoms with Crippen LogP contribution in [0.1, 0.15) is 34.6 Å². The molecule has 0 N–H and O–H groups in total. The maximum Gasteiger partial charge on any atom is 0.276 e. The molecule has 0 aliphatic heterocycles. The van der Waals surface area contributed by atoms with Crippen molar-refractivity contribution >= 4 is 5.91 Å². The molecule has 25 heavy (non-hydrogen) atoms. The van der Waals surface area contributed by atoms with Crippen LogP contribution in [0.25, 0.3) is 0 Å². The summed E-state index contributed by atoms with van der Waals surface area (Å²) in [6.45, 7) is 2.44. The molecule has 3 aromatic rings. The lowest BCUT2D eigenvalue weighted by atomic mass is 10.1. The van der Waals surface area contributed by atoms with Gasteiger partial charge in [0, 0.05) is 7.05 Å². The summed E-state index contributed by atoms with van der Waals surface area (Å²) in [4.78, 5) is 14.2. The van der Waals surface area contributed by atoms with E-state index in [1.807, 2.05) is 37.3 Å². The van der Waals surface area contributed by atoms with Gasteiger partial charge in [0.2, 0.25) is 0 Å². The Bertz CT molecular complexity index is 845. The average molecular weight is 338 g/mol. The van der Waals surface area contributed by atoms with Crippen LogP contribution in [-0.2, 0) is 6.54 Å². The van der Waals surface area contributed by atoms with Gasteiger partial charge < -0.3 is 4.90 Å². The first-order valence-electron chi connectivity index (χ1n) is 8.01. The molecule has 1 unspecified atom stereocenters. The van der Waals surface area contributed by atoms with Crippen molar-refractivity contribution < 1.29 is 9.18 Å². The minimum Gasteiger partial charge on any atom is -0.334 e. The van der Waals surface area contributed by atoms with Crippen LogP contribution in [-0.4, -0.2) is 32.8 Å². The second kappa shape index (κ2) is 7.25. The van der Waals surface area contributed by atoms with Crippen molar-refractivity contribution in [3.05, 3.63) is 83.4 Å². The Morgan fingerprint density at radius 2 is 1.84 bits per heavy atom. The van der Waals surface area contributed by atoms with Crippen molar-refractivity contribution in [2.75, 3.05) is 7.05 Å². The fourth-order valence-corrected chi connectivity index (χ4v) is 2.57. The van der Waals surface area contributed by atoms with Gasteiger partial charge in [-0.15, -0.1) is 5.10 Å². The maximum absolute atomic E-state index is 13.1. The van der Waals surface area contributed by atoms with Gasteiger partial charge in [0.05, 0.1) is 18.8 Å². The van der Waals surface area contributed by atoms with Gasteiger partial charge >= 0.3 is 0 Å². The Balaban J connectivity index is 1.71. The number of hydrogen-bond donors (Lipinski definition) is 0. The van der Waals surface area contributed by atoms with E-state index < -0.39 is 0 Å². The summed E-state index contributed by atoms with van der Waals surface area (Å²) in [6.07, 6.45) is 1.64. The average Bonchev–Trinajstić information content (AvgIpc) is 3.10. The Morgan fingerprint density at radius 3 is 2.52 bits per heavy atom. The third-order valence-electron chi connectivity index (χ3n) is 4.20. The zero-order chi connectivity index (χ0) is 17.8. The minimum absolute atomic E-state index is 0.202. The van der Waals surface area contributed by atoms with Gasteiger partial charge in [-0.25, -0.2) is 9.07 Å². The fourth-order valence-electron chi connectivity index (χ4n) is 2.57. The predicted molar refractivity (Wildman–Crippen MR) is 92.5 cm³/mol. The lowest BCUT2D eigenvalue weighted by Gasteiger charge is -2.24. The van der Waals surface area contributed by atoms with Crippen LogP contribution in [0.4, 0.5) is 4.39 Å². The molecule has 2 aromatic carbocycles. The first-order valence-corrected chi connectivity index (χ1v) is 8.01. The molecular formula is C19H19FN4O. The molecule has 1 aromatic heterocycles. The van der Waals surface area contributed by atoms with Gasteiger partial charge in [-0.05, 0) is 30.2 Å². The summed E-state index contributed by atoms with van der Waals surface area (Å²) in [5.41, 5.74) is 2.22. The van der Waals surface area contributed by atoms with Gasteiger partial charge in [-0.2, -0.15) is 0 Å². The predicted octanol–water partition coefficient (Wildman–Crippen LogP) is 3.30. The van der Waals surface area contributed by atoms with Gasteiger partial charge in [0.25, 0.3) is 5.91 Å². The third kappa shape index (κ3) is 3.91. The highest BCUT2D eigenvalue weighted by Gasteiger charge is 2.21. The number of carbonyl (C=O) groups is 1. The SMILES string of the molecule is CC(c1ccc(F)cc1)N(C)C(=O)c1cn(Cc2ccccc2)nn1. The van der Waals surface area contributed by atoms with Crippen molar-refractivity contribution in [3.8, 4) is 0 Å². The molecule has 1 amide bonds. The Kier molecular flexibility index (Phi) is 4.88. The van der Waals surface area contributed by atoms with E-state index >= 15 is 0 Å². The van der Waals surface area contributed by atoms with Crippen LogP contribution in [0.5, 0.6) is 0 Å². The quantitative estimate of drug-likeness (QED) is 0.717.